The first-order valence-electron chi connectivity index (χ1n) is 8.89. The summed E-state index contributed by atoms with van der Waals surface area (Å²) in [5.74, 6) is 1.61. The number of aromatic hydroxyl groups is 1. The van der Waals surface area contributed by atoms with Crippen LogP contribution >= 0.6 is 11.8 Å². The molecule has 2 aromatic heterocycles. The number of hydrogen-bond acceptors (Lipinski definition) is 8. The van der Waals surface area contributed by atoms with Gasteiger partial charge in [0.15, 0.2) is 6.61 Å². The molecule has 2 heterocycles. The number of aromatic nitrogens is 2. The molecule has 0 bridgehead atoms. The molecule has 4 rings (SSSR count). The van der Waals surface area contributed by atoms with E-state index >= 15 is 0 Å². The summed E-state index contributed by atoms with van der Waals surface area (Å²) in [4.78, 5) is 11.9. The van der Waals surface area contributed by atoms with Gasteiger partial charge in [0.2, 0.25) is 0 Å². The maximum absolute atomic E-state index is 11.9. The molecule has 148 valence electrons. The molecule has 0 aliphatic heterocycles. The summed E-state index contributed by atoms with van der Waals surface area (Å²) in [5, 5.41) is 19.0. The molecule has 29 heavy (non-hydrogen) atoms. The molecular formula is C21H18N2O5S. The van der Waals surface area contributed by atoms with Gasteiger partial charge in [-0.15, -0.1) is 10.2 Å². The van der Waals surface area contributed by atoms with Crippen LogP contribution in [0.5, 0.6) is 11.5 Å². The monoisotopic (exact) mass is 410 g/mol. The Balaban J connectivity index is 1.45. The van der Waals surface area contributed by atoms with Crippen LogP contribution in [0.15, 0.2) is 61.3 Å². The molecule has 0 aliphatic rings. The van der Waals surface area contributed by atoms with Crippen molar-refractivity contribution in [3.05, 3.63) is 75.5 Å². The summed E-state index contributed by atoms with van der Waals surface area (Å²) >= 11 is 1.31. The van der Waals surface area contributed by atoms with Gasteiger partial charge >= 0.3 is 5.63 Å². The van der Waals surface area contributed by atoms with E-state index in [0.29, 0.717) is 28.0 Å². The Bertz CT molecular complexity index is 1210. The SMILES string of the molecule is Cc1ccc(OCc2nnc(SCc3cc(=O)oc4c(C)c(O)ccc34)o2)cc1. The minimum atomic E-state index is -0.473. The Morgan fingerprint density at radius 2 is 1.86 bits per heavy atom. The maximum atomic E-state index is 11.9. The van der Waals surface area contributed by atoms with Gasteiger partial charge in [-0.1, -0.05) is 29.5 Å². The van der Waals surface area contributed by atoms with Crippen molar-refractivity contribution in [1.29, 1.82) is 0 Å². The molecule has 0 saturated heterocycles. The first-order chi connectivity index (χ1) is 14.0. The molecule has 0 unspecified atom stereocenters. The van der Waals surface area contributed by atoms with Gasteiger partial charge in [-0.3, -0.25) is 0 Å². The average Bonchev–Trinajstić information content (AvgIpc) is 3.17. The lowest BCUT2D eigenvalue weighted by Crippen LogP contribution is -2.01. The molecule has 0 saturated carbocycles. The number of ether oxygens (including phenoxy) is 1. The fraction of sp³-hybridized carbons (Fsp3) is 0.190. The lowest BCUT2D eigenvalue weighted by Gasteiger charge is -2.07. The fourth-order valence-electron chi connectivity index (χ4n) is 2.81. The summed E-state index contributed by atoms with van der Waals surface area (Å²) in [6.07, 6.45) is 0. The number of phenols is 1. The van der Waals surface area contributed by atoms with Crippen LogP contribution in [0.4, 0.5) is 0 Å². The van der Waals surface area contributed by atoms with Crippen LogP contribution in [0.3, 0.4) is 0 Å². The van der Waals surface area contributed by atoms with Crippen LogP contribution in [0.1, 0.15) is 22.6 Å². The van der Waals surface area contributed by atoms with Gasteiger partial charge in [-0.25, -0.2) is 4.79 Å². The predicted molar refractivity (Wildman–Crippen MR) is 108 cm³/mol. The zero-order valence-corrected chi connectivity index (χ0v) is 16.7. The number of rotatable bonds is 6. The lowest BCUT2D eigenvalue weighted by molar-refractivity contribution is 0.252. The minimum absolute atomic E-state index is 0.0839. The van der Waals surface area contributed by atoms with E-state index in [0.717, 1.165) is 22.3 Å². The van der Waals surface area contributed by atoms with Gasteiger partial charge < -0.3 is 18.7 Å². The highest BCUT2D eigenvalue weighted by molar-refractivity contribution is 7.98. The van der Waals surface area contributed by atoms with E-state index < -0.39 is 5.63 Å². The second-order valence-electron chi connectivity index (χ2n) is 6.53. The Hall–Kier alpha value is -3.26. The van der Waals surface area contributed by atoms with Crippen molar-refractivity contribution < 1.29 is 18.7 Å². The molecule has 0 amide bonds. The zero-order valence-electron chi connectivity index (χ0n) is 15.8. The number of aryl methyl sites for hydroxylation is 2. The van der Waals surface area contributed by atoms with E-state index in [4.69, 9.17) is 13.6 Å². The molecular weight excluding hydrogens is 392 g/mol. The highest BCUT2D eigenvalue weighted by atomic mass is 32.2. The summed E-state index contributed by atoms with van der Waals surface area (Å²) in [6.45, 7) is 3.89. The largest absolute Gasteiger partial charge is 0.508 e. The highest BCUT2D eigenvalue weighted by Gasteiger charge is 2.13. The topological polar surface area (TPSA) is 98.6 Å². The van der Waals surface area contributed by atoms with Gasteiger partial charge in [-0.05, 0) is 43.7 Å². The second kappa shape index (κ2) is 8.00. The second-order valence-corrected chi connectivity index (χ2v) is 7.46. The molecule has 8 heteroatoms. The smallest absolute Gasteiger partial charge is 0.336 e. The third kappa shape index (κ3) is 4.27. The van der Waals surface area contributed by atoms with Crippen molar-refractivity contribution in [2.45, 2.75) is 31.4 Å². The number of nitrogens with zero attached hydrogens (tertiary/aromatic N) is 2. The number of fused-ring (bicyclic) bond motifs is 1. The van der Waals surface area contributed by atoms with Crippen molar-refractivity contribution in [2.75, 3.05) is 0 Å². The Morgan fingerprint density at radius 1 is 1.07 bits per heavy atom. The molecule has 0 fully saturated rings. The summed E-state index contributed by atoms with van der Waals surface area (Å²) in [7, 11) is 0. The molecule has 2 aromatic carbocycles. The third-order valence-corrected chi connectivity index (χ3v) is 5.27. The van der Waals surface area contributed by atoms with Gasteiger partial charge in [0, 0.05) is 22.8 Å². The van der Waals surface area contributed by atoms with Gasteiger partial charge in [0.25, 0.3) is 11.1 Å². The van der Waals surface area contributed by atoms with Crippen molar-refractivity contribution in [3.63, 3.8) is 0 Å². The predicted octanol–water partition coefficient (Wildman–Crippen LogP) is 4.37. The van der Waals surface area contributed by atoms with Crippen LogP contribution in [-0.2, 0) is 12.4 Å². The summed E-state index contributed by atoms with van der Waals surface area (Å²) < 4.78 is 16.5. The third-order valence-electron chi connectivity index (χ3n) is 4.40. The van der Waals surface area contributed by atoms with Gasteiger partial charge in [0.05, 0.1) is 0 Å². The van der Waals surface area contributed by atoms with E-state index in [9.17, 15) is 9.90 Å². The molecule has 0 radical (unpaired) electrons. The Morgan fingerprint density at radius 3 is 2.66 bits per heavy atom. The number of phenolic OH excluding ortho intramolecular Hbond substituents is 1. The molecule has 0 spiro atoms. The summed E-state index contributed by atoms with van der Waals surface area (Å²) in [6, 6.07) is 12.4. The van der Waals surface area contributed by atoms with E-state index in [1.165, 1.54) is 17.8 Å². The van der Waals surface area contributed by atoms with E-state index in [1.807, 2.05) is 31.2 Å². The number of hydrogen-bond donors (Lipinski definition) is 1. The van der Waals surface area contributed by atoms with Crippen LogP contribution in [-0.4, -0.2) is 15.3 Å². The van der Waals surface area contributed by atoms with Gasteiger partial charge in [-0.2, -0.15) is 0 Å². The first kappa shape index (κ1) is 19.1. The molecule has 4 aromatic rings. The maximum Gasteiger partial charge on any atom is 0.336 e. The minimum Gasteiger partial charge on any atom is -0.508 e. The summed E-state index contributed by atoms with van der Waals surface area (Å²) in [5.41, 5.74) is 2.35. The average molecular weight is 410 g/mol. The van der Waals surface area contributed by atoms with Crippen LogP contribution in [0.25, 0.3) is 11.0 Å². The number of benzene rings is 2. The molecule has 0 atom stereocenters. The quantitative estimate of drug-likeness (QED) is 0.370. The van der Waals surface area contributed by atoms with E-state index in [2.05, 4.69) is 10.2 Å². The van der Waals surface area contributed by atoms with E-state index in [1.54, 1.807) is 19.1 Å². The lowest BCUT2D eigenvalue weighted by atomic mass is 10.1. The Kier molecular flexibility index (Phi) is 5.26. The fourth-order valence-corrected chi connectivity index (χ4v) is 3.58. The van der Waals surface area contributed by atoms with E-state index in [-0.39, 0.29) is 12.4 Å². The van der Waals surface area contributed by atoms with Crippen molar-refractivity contribution >= 4 is 22.7 Å². The van der Waals surface area contributed by atoms with Crippen molar-refractivity contribution in [2.24, 2.45) is 0 Å². The van der Waals surface area contributed by atoms with Gasteiger partial charge in [0.1, 0.15) is 17.1 Å². The standard InChI is InChI=1S/C21H18N2O5S/c1-12-3-5-15(6-4-12)26-10-18-22-23-21(27-18)29-11-14-9-19(25)28-20-13(2)17(24)8-7-16(14)20/h3-9,24H,10-11H2,1-2H3. The van der Waals surface area contributed by atoms with Crippen LogP contribution in [0, 0.1) is 13.8 Å². The van der Waals surface area contributed by atoms with Crippen LogP contribution < -0.4 is 10.4 Å². The normalized spacial score (nSPS) is 11.1. The zero-order chi connectivity index (χ0) is 20.4. The Labute approximate surface area is 170 Å². The molecule has 7 nitrogen and oxygen atoms in total. The first-order valence-corrected chi connectivity index (χ1v) is 9.88. The highest BCUT2D eigenvalue weighted by Crippen LogP contribution is 2.30. The van der Waals surface area contributed by atoms with Crippen molar-refractivity contribution in [1.82, 2.24) is 10.2 Å². The van der Waals surface area contributed by atoms with Crippen molar-refractivity contribution in [3.8, 4) is 11.5 Å². The molecule has 1 N–H and O–H groups in total. The number of thioether (sulfide) groups is 1. The van der Waals surface area contributed by atoms with Crippen LogP contribution in [0.2, 0.25) is 0 Å². The molecule has 0 aliphatic carbocycles.